The van der Waals surface area contributed by atoms with Crippen LogP contribution in [0.1, 0.15) is 5.82 Å². The molecule has 0 saturated carbocycles. The van der Waals surface area contributed by atoms with Crippen molar-refractivity contribution in [2.75, 3.05) is 0 Å². The van der Waals surface area contributed by atoms with E-state index in [-0.39, 0.29) is 12.4 Å². The van der Waals surface area contributed by atoms with Crippen LogP contribution in [0.15, 0.2) is 29.4 Å². The lowest BCUT2D eigenvalue weighted by Gasteiger charge is -2.06. The van der Waals surface area contributed by atoms with Gasteiger partial charge in [-0.25, -0.2) is 26.9 Å². The first-order chi connectivity index (χ1) is 8.49. The molecule has 0 aliphatic rings. The van der Waals surface area contributed by atoms with E-state index < -0.39 is 26.6 Å². The fourth-order valence-corrected chi connectivity index (χ4v) is 2.30. The monoisotopic (exact) mass is 274 g/mol. The fraction of sp³-hybridized carbons (Fsp3) is 0.111. The average Bonchev–Trinajstić information content (AvgIpc) is 2.78. The number of hydrogen-bond donors (Lipinski definition) is 2. The summed E-state index contributed by atoms with van der Waals surface area (Å²) in [7, 11) is -4.06. The van der Waals surface area contributed by atoms with E-state index in [1.165, 1.54) is 6.33 Å². The molecule has 1 aromatic carbocycles. The maximum absolute atomic E-state index is 13.3. The maximum Gasteiger partial charge on any atom is 0.243 e. The minimum absolute atomic E-state index is 0.168. The Morgan fingerprint density at radius 3 is 2.72 bits per heavy atom. The van der Waals surface area contributed by atoms with E-state index in [2.05, 4.69) is 19.9 Å². The molecule has 0 spiro atoms. The van der Waals surface area contributed by atoms with Crippen molar-refractivity contribution in [3.63, 3.8) is 0 Å². The summed E-state index contributed by atoms with van der Waals surface area (Å²) in [6.07, 6.45) is 1.21. The number of hydrogen-bond acceptors (Lipinski definition) is 4. The molecule has 0 aliphatic carbocycles. The zero-order valence-electron chi connectivity index (χ0n) is 8.89. The van der Waals surface area contributed by atoms with Crippen LogP contribution in [-0.4, -0.2) is 23.6 Å². The molecule has 2 rings (SSSR count). The Balaban J connectivity index is 2.20. The number of nitrogens with zero attached hydrogens (tertiary/aromatic N) is 2. The number of benzene rings is 1. The van der Waals surface area contributed by atoms with E-state index in [0.717, 1.165) is 12.1 Å². The predicted molar refractivity (Wildman–Crippen MR) is 56.8 cm³/mol. The third kappa shape index (κ3) is 2.68. The van der Waals surface area contributed by atoms with Gasteiger partial charge in [0.05, 0.1) is 6.54 Å². The third-order valence-corrected chi connectivity index (χ3v) is 3.51. The van der Waals surface area contributed by atoms with Gasteiger partial charge in [-0.05, 0) is 12.1 Å². The van der Waals surface area contributed by atoms with Gasteiger partial charge in [-0.1, -0.05) is 0 Å². The van der Waals surface area contributed by atoms with E-state index in [1.807, 2.05) is 0 Å². The number of nitrogens with one attached hydrogen (secondary N) is 2. The first kappa shape index (κ1) is 12.6. The highest BCUT2D eigenvalue weighted by Gasteiger charge is 2.19. The number of sulfonamides is 1. The van der Waals surface area contributed by atoms with Gasteiger partial charge in [0.1, 0.15) is 28.7 Å². The first-order valence-electron chi connectivity index (χ1n) is 4.78. The highest BCUT2D eigenvalue weighted by atomic mass is 32.2. The summed E-state index contributed by atoms with van der Waals surface area (Å²) in [6.45, 7) is -0.168. The number of rotatable bonds is 4. The smallest absolute Gasteiger partial charge is 0.243 e. The molecule has 96 valence electrons. The summed E-state index contributed by atoms with van der Waals surface area (Å²) in [5.41, 5.74) is 0. The summed E-state index contributed by atoms with van der Waals surface area (Å²) in [6, 6.07) is 2.22. The summed E-state index contributed by atoms with van der Waals surface area (Å²) in [5.74, 6) is -1.72. The van der Waals surface area contributed by atoms with Crippen LogP contribution in [0.5, 0.6) is 0 Å². The molecule has 0 bridgehead atoms. The van der Waals surface area contributed by atoms with Gasteiger partial charge in [0.15, 0.2) is 0 Å². The van der Waals surface area contributed by atoms with Crippen molar-refractivity contribution in [3.8, 4) is 0 Å². The second kappa shape index (κ2) is 4.78. The van der Waals surface area contributed by atoms with E-state index >= 15 is 0 Å². The summed E-state index contributed by atoms with van der Waals surface area (Å²) < 4.78 is 51.5. The summed E-state index contributed by atoms with van der Waals surface area (Å²) in [4.78, 5) is 3.08. The van der Waals surface area contributed by atoms with E-state index in [4.69, 9.17) is 0 Å². The van der Waals surface area contributed by atoms with Crippen molar-refractivity contribution in [1.82, 2.24) is 19.9 Å². The van der Waals surface area contributed by atoms with Crippen molar-refractivity contribution in [2.24, 2.45) is 0 Å². The Kier molecular flexibility index (Phi) is 3.34. The van der Waals surface area contributed by atoms with Gasteiger partial charge in [0, 0.05) is 6.07 Å². The van der Waals surface area contributed by atoms with Gasteiger partial charge < -0.3 is 0 Å². The van der Waals surface area contributed by atoms with Crippen LogP contribution in [0.4, 0.5) is 8.78 Å². The standard InChI is InChI=1S/C9H8F2N4O2S/c10-6-1-2-8(7(11)3-6)18(16,17)14-4-9-12-5-13-15-9/h1-3,5,14H,4H2,(H,12,13,15). The van der Waals surface area contributed by atoms with E-state index in [9.17, 15) is 17.2 Å². The molecule has 1 heterocycles. The lowest BCUT2D eigenvalue weighted by atomic mass is 10.3. The molecule has 6 nitrogen and oxygen atoms in total. The Morgan fingerprint density at radius 1 is 1.33 bits per heavy atom. The van der Waals surface area contributed by atoms with Crippen LogP contribution in [0.25, 0.3) is 0 Å². The molecule has 18 heavy (non-hydrogen) atoms. The molecular weight excluding hydrogens is 266 g/mol. The normalized spacial score (nSPS) is 11.7. The number of halogens is 2. The second-order valence-electron chi connectivity index (χ2n) is 3.33. The Labute approximate surface area is 101 Å². The average molecular weight is 274 g/mol. The molecule has 1 aromatic heterocycles. The molecule has 0 unspecified atom stereocenters. The zero-order chi connectivity index (χ0) is 13.2. The van der Waals surface area contributed by atoms with Gasteiger partial charge in [0.25, 0.3) is 0 Å². The van der Waals surface area contributed by atoms with Crippen LogP contribution in [-0.2, 0) is 16.6 Å². The van der Waals surface area contributed by atoms with Crippen molar-refractivity contribution in [1.29, 1.82) is 0 Å². The minimum Gasteiger partial charge on any atom is -0.262 e. The van der Waals surface area contributed by atoms with Crippen molar-refractivity contribution < 1.29 is 17.2 Å². The lowest BCUT2D eigenvalue weighted by Crippen LogP contribution is -2.24. The van der Waals surface area contributed by atoms with Crippen LogP contribution < -0.4 is 4.72 Å². The fourth-order valence-electron chi connectivity index (χ4n) is 1.25. The van der Waals surface area contributed by atoms with Gasteiger partial charge in [-0.15, -0.1) is 0 Å². The van der Waals surface area contributed by atoms with Crippen molar-refractivity contribution in [3.05, 3.63) is 42.0 Å². The quantitative estimate of drug-likeness (QED) is 0.852. The van der Waals surface area contributed by atoms with Gasteiger partial charge >= 0.3 is 0 Å². The molecule has 0 amide bonds. The topological polar surface area (TPSA) is 87.7 Å². The predicted octanol–water partition coefficient (Wildman–Crippen LogP) is 0.561. The largest absolute Gasteiger partial charge is 0.262 e. The number of aromatic amines is 1. The van der Waals surface area contributed by atoms with Crippen LogP contribution in [0, 0.1) is 11.6 Å². The Bertz CT molecular complexity index is 643. The second-order valence-corrected chi connectivity index (χ2v) is 5.07. The highest BCUT2D eigenvalue weighted by Crippen LogP contribution is 2.15. The first-order valence-corrected chi connectivity index (χ1v) is 6.26. The number of aromatic nitrogens is 3. The number of H-pyrrole nitrogens is 1. The minimum atomic E-state index is -4.06. The third-order valence-electron chi connectivity index (χ3n) is 2.08. The van der Waals surface area contributed by atoms with Gasteiger partial charge in [-0.2, -0.15) is 5.10 Å². The van der Waals surface area contributed by atoms with Crippen LogP contribution in [0.3, 0.4) is 0 Å². The van der Waals surface area contributed by atoms with Gasteiger partial charge in [0.2, 0.25) is 10.0 Å². The van der Waals surface area contributed by atoms with E-state index in [1.54, 1.807) is 0 Å². The molecule has 9 heteroatoms. The van der Waals surface area contributed by atoms with Crippen molar-refractivity contribution in [2.45, 2.75) is 11.4 Å². The van der Waals surface area contributed by atoms with Crippen LogP contribution in [0.2, 0.25) is 0 Å². The molecular formula is C9H8F2N4O2S. The lowest BCUT2D eigenvalue weighted by molar-refractivity contribution is 0.542. The molecule has 0 fully saturated rings. The summed E-state index contributed by atoms with van der Waals surface area (Å²) >= 11 is 0. The van der Waals surface area contributed by atoms with Crippen molar-refractivity contribution >= 4 is 10.0 Å². The van der Waals surface area contributed by atoms with E-state index in [0.29, 0.717) is 6.07 Å². The summed E-state index contributed by atoms with van der Waals surface area (Å²) in [5, 5.41) is 5.97. The molecule has 2 N–H and O–H groups in total. The van der Waals surface area contributed by atoms with Crippen LogP contribution >= 0.6 is 0 Å². The molecule has 0 aliphatic heterocycles. The Morgan fingerprint density at radius 2 is 2.11 bits per heavy atom. The zero-order valence-corrected chi connectivity index (χ0v) is 9.71. The maximum atomic E-state index is 13.3. The highest BCUT2D eigenvalue weighted by molar-refractivity contribution is 7.89. The molecule has 0 saturated heterocycles. The Hall–Kier alpha value is -1.87. The molecule has 2 aromatic rings. The molecule has 0 atom stereocenters. The SMILES string of the molecule is O=S(=O)(NCc1ncn[nH]1)c1ccc(F)cc1F. The van der Waals surface area contributed by atoms with Gasteiger partial charge in [-0.3, -0.25) is 5.10 Å². The molecule has 0 radical (unpaired) electrons.